The van der Waals surface area contributed by atoms with E-state index in [4.69, 9.17) is 4.74 Å². The van der Waals surface area contributed by atoms with Crippen molar-refractivity contribution in [2.24, 2.45) is 11.3 Å². The summed E-state index contributed by atoms with van der Waals surface area (Å²) in [5, 5.41) is 3.35. The normalized spacial score (nSPS) is 36.3. The van der Waals surface area contributed by atoms with Crippen molar-refractivity contribution in [1.82, 2.24) is 10.2 Å². The number of nitrogens with zero attached hydrogens (tertiary/aromatic N) is 1. The zero-order valence-corrected chi connectivity index (χ0v) is 12.0. The second-order valence-electron chi connectivity index (χ2n) is 6.09. The standard InChI is InChI=1S/C14H26N2O2/c1-10(2)14(6-7-15-9-14)13(17)16(4)12-5-8-18-11(12)3/h10-12,15H,5-9H2,1-4H3. The lowest BCUT2D eigenvalue weighted by molar-refractivity contribution is -0.145. The molecule has 18 heavy (non-hydrogen) atoms. The van der Waals surface area contributed by atoms with Crippen molar-refractivity contribution in [2.45, 2.75) is 45.8 Å². The molecule has 4 nitrogen and oxygen atoms in total. The monoisotopic (exact) mass is 254 g/mol. The van der Waals surface area contributed by atoms with E-state index in [2.05, 4.69) is 26.1 Å². The zero-order valence-electron chi connectivity index (χ0n) is 12.0. The molecule has 0 aliphatic carbocycles. The number of amides is 1. The van der Waals surface area contributed by atoms with Gasteiger partial charge in [-0.15, -0.1) is 0 Å². The fourth-order valence-electron chi connectivity index (χ4n) is 3.36. The highest BCUT2D eigenvalue weighted by atomic mass is 16.5. The minimum Gasteiger partial charge on any atom is -0.376 e. The Kier molecular flexibility index (Phi) is 3.97. The average molecular weight is 254 g/mol. The van der Waals surface area contributed by atoms with Crippen LogP contribution in [0.5, 0.6) is 0 Å². The third-order valence-electron chi connectivity index (χ3n) is 4.87. The van der Waals surface area contributed by atoms with Crippen LogP contribution in [0.2, 0.25) is 0 Å². The quantitative estimate of drug-likeness (QED) is 0.824. The topological polar surface area (TPSA) is 41.6 Å². The number of hydrogen-bond donors (Lipinski definition) is 1. The highest BCUT2D eigenvalue weighted by Gasteiger charge is 2.47. The van der Waals surface area contributed by atoms with Crippen molar-refractivity contribution < 1.29 is 9.53 Å². The summed E-state index contributed by atoms with van der Waals surface area (Å²) in [6.45, 7) is 8.93. The van der Waals surface area contributed by atoms with Gasteiger partial charge in [-0.25, -0.2) is 0 Å². The van der Waals surface area contributed by atoms with Gasteiger partial charge >= 0.3 is 0 Å². The van der Waals surface area contributed by atoms with Gasteiger partial charge in [0, 0.05) is 20.2 Å². The van der Waals surface area contributed by atoms with Gasteiger partial charge in [0.15, 0.2) is 0 Å². The lowest BCUT2D eigenvalue weighted by Crippen LogP contribution is -2.51. The van der Waals surface area contributed by atoms with E-state index in [0.29, 0.717) is 11.8 Å². The number of nitrogens with one attached hydrogen (secondary N) is 1. The van der Waals surface area contributed by atoms with E-state index in [9.17, 15) is 4.79 Å². The van der Waals surface area contributed by atoms with Crippen molar-refractivity contribution in [3.05, 3.63) is 0 Å². The van der Waals surface area contributed by atoms with Gasteiger partial charge in [0.25, 0.3) is 0 Å². The largest absolute Gasteiger partial charge is 0.376 e. The molecule has 0 spiro atoms. The third-order valence-corrected chi connectivity index (χ3v) is 4.87. The van der Waals surface area contributed by atoms with Crippen LogP contribution in [-0.2, 0) is 9.53 Å². The summed E-state index contributed by atoms with van der Waals surface area (Å²) < 4.78 is 5.58. The molecule has 2 aliphatic rings. The third kappa shape index (κ3) is 2.16. The molecule has 0 radical (unpaired) electrons. The summed E-state index contributed by atoms with van der Waals surface area (Å²) in [4.78, 5) is 14.8. The Labute approximate surface area is 110 Å². The highest BCUT2D eigenvalue weighted by Crippen LogP contribution is 2.37. The molecule has 2 rings (SSSR count). The molecule has 2 heterocycles. The van der Waals surface area contributed by atoms with Crippen LogP contribution in [0.4, 0.5) is 0 Å². The average Bonchev–Trinajstić information content (AvgIpc) is 2.96. The van der Waals surface area contributed by atoms with E-state index < -0.39 is 0 Å². The van der Waals surface area contributed by atoms with Gasteiger partial charge in [0.2, 0.25) is 5.91 Å². The van der Waals surface area contributed by atoms with Gasteiger partial charge in [-0.2, -0.15) is 0 Å². The minimum absolute atomic E-state index is 0.164. The molecule has 104 valence electrons. The van der Waals surface area contributed by atoms with Crippen LogP contribution >= 0.6 is 0 Å². The molecule has 3 atom stereocenters. The number of ether oxygens (including phenoxy) is 1. The van der Waals surface area contributed by atoms with Crippen LogP contribution in [0.15, 0.2) is 0 Å². The first kappa shape index (κ1) is 13.8. The van der Waals surface area contributed by atoms with Crippen LogP contribution < -0.4 is 5.32 Å². The second-order valence-corrected chi connectivity index (χ2v) is 6.09. The SMILES string of the molecule is CC1OCCC1N(C)C(=O)C1(C(C)C)CCNC1. The Hall–Kier alpha value is -0.610. The molecule has 0 aromatic rings. The zero-order chi connectivity index (χ0) is 13.3. The van der Waals surface area contributed by atoms with Crippen molar-refractivity contribution in [3.63, 3.8) is 0 Å². The van der Waals surface area contributed by atoms with Gasteiger partial charge in [0.1, 0.15) is 0 Å². The molecule has 0 aromatic carbocycles. The highest BCUT2D eigenvalue weighted by molar-refractivity contribution is 5.84. The molecule has 4 heteroatoms. The van der Waals surface area contributed by atoms with Crippen LogP contribution in [0.25, 0.3) is 0 Å². The molecule has 0 saturated carbocycles. The maximum absolute atomic E-state index is 12.9. The Morgan fingerprint density at radius 2 is 2.22 bits per heavy atom. The van der Waals surface area contributed by atoms with Crippen LogP contribution in [0, 0.1) is 11.3 Å². The van der Waals surface area contributed by atoms with Gasteiger partial charge in [0.05, 0.1) is 17.6 Å². The molecule has 0 bridgehead atoms. The Morgan fingerprint density at radius 1 is 1.50 bits per heavy atom. The minimum atomic E-state index is -0.211. The van der Waals surface area contributed by atoms with E-state index in [1.165, 1.54) is 0 Å². The number of carbonyl (C=O) groups excluding carboxylic acids is 1. The summed E-state index contributed by atoms with van der Waals surface area (Å²) in [7, 11) is 1.95. The van der Waals surface area contributed by atoms with Crippen molar-refractivity contribution in [2.75, 3.05) is 26.7 Å². The summed E-state index contributed by atoms with van der Waals surface area (Å²) in [6, 6.07) is 0.244. The first-order valence-corrected chi connectivity index (χ1v) is 7.08. The molecule has 2 aliphatic heterocycles. The number of carbonyl (C=O) groups is 1. The summed E-state index contributed by atoms with van der Waals surface area (Å²) >= 11 is 0. The summed E-state index contributed by atoms with van der Waals surface area (Å²) in [6.07, 6.45) is 2.08. The van der Waals surface area contributed by atoms with E-state index in [0.717, 1.165) is 32.5 Å². The fourth-order valence-corrected chi connectivity index (χ4v) is 3.36. The molecular weight excluding hydrogens is 228 g/mol. The molecule has 1 N–H and O–H groups in total. The molecule has 3 unspecified atom stereocenters. The number of likely N-dealkylation sites (N-methyl/N-ethyl adjacent to an activating group) is 1. The lowest BCUT2D eigenvalue weighted by Gasteiger charge is -2.38. The fraction of sp³-hybridized carbons (Fsp3) is 0.929. The maximum atomic E-state index is 12.9. The van der Waals surface area contributed by atoms with Crippen LogP contribution in [0.3, 0.4) is 0 Å². The van der Waals surface area contributed by atoms with Crippen molar-refractivity contribution in [3.8, 4) is 0 Å². The second kappa shape index (κ2) is 5.17. The molecule has 0 aromatic heterocycles. The molecule has 1 amide bonds. The Bertz CT molecular complexity index is 311. The van der Waals surface area contributed by atoms with Crippen molar-refractivity contribution >= 4 is 5.91 Å². The number of hydrogen-bond acceptors (Lipinski definition) is 3. The first-order valence-electron chi connectivity index (χ1n) is 7.08. The summed E-state index contributed by atoms with van der Waals surface area (Å²) in [5.74, 6) is 0.671. The van der Waals surface area contributed by atoms with E-state index in [-0.39, 0.29) is 17.6 Å². The number of rotatable bonds is 3. The van der Waals surface area contributed by atoms with Gasteiger partial charge in [-0.3, -0.25) is 4.79 Å². The first-order chi connectivity index (χ1) is 8.49. The molecule has 2 fully saturated rings. The Balaban J connectivity index is 2.13. The van der Waals surface area contributed by atoms with E-state index in [1.54, 1.807) is 0 Å². The summed E-state index contributed by atoms with van der Waals surface area (Å²) in [5.41, 5.74) is -0.211. The van der Waals surface area contributed by atoms with Crippen LogP contribution in [0.1, 0.15) is 33.6 Å². The van der Waals surface area contributed by atoms with E-state index in [1.807, 2.05) is 11.9 Å². The predicted octanol–water partition coefficient (Wildman–Crippen LogP) is 1.26. The van der Waals surface area contributed by atoms with Gasteiger partial charge < -0.3 is 15.0 Å². The van der Waals surface area contributed by atoms with Gasteiger partial charge in [-0.1, -0.05) is 13.8 Å². The predicted molar refractivity (Wildman–Crippen MR) is 71.3 cm³/mol. The lowest BCUT2D eigenvalue weighted by atomic mass is 9.75. The van der Waals surface area contributed by atoms with Gasteiger partial charge in [-0.05, 0) is 32.2 Å². The molecule has 2 saturated heterocycles. The molecular formula is C14H26N2O2. The van der Waals surface area contributed by atoms with Crippen LogP contribution in [-0.4, -0.2) is 49.7 Å². The Morgan fingerprint density at radius 3 is 2.67 bits per heavy atom. The van der Waals surface area contributed by atoms with E-state index >= 15 is 0 Å². The smallest absolute Gasteiger partial charge is 0.230 e. The van der Waals surface area contributed by atoms with Crippen molar-refractivity contribution in [1.29, 1.82) is 0 Å². The maximum Gasteiger partial charge on any atom is 0.230 e.